The molecule has 9 nitrogen and oxygen atoms in total. The van der Waals surface area contributed by atoms with Crippen LogP contribution in [0, 0.1) is 0 Å². The second-order valence-corrected chi connectivity index (χ2v) is 13.0. The fourth-order valence-electron chi connectivity index (χ4n) is 5.19. The average Bonchev–Trinajstić information content (AvgIpc) is 3.80. The van der Waals surface area contributed by atoms with Crippen LogP contribution in [0.15, 0.2) is 93.9 Å². The van der Waals surface area contributed by atoms with Crippen molar-refractivity contribution in [2.24, 2.45) is 0 Å². The summed E-state index contributed by atoms with van der Waals surface area (Å²) in [5, 5.41) is 5.81. The van der Waals surface area contributed by atoms with Crippen molar-refractivity contribution in [2.45, 2.75) is 37.9 Å². The maximum absolute atomic E-state index is 12.9. The standard InChI is InChI=1S/C36H34Br2N2O7/c37-31-19-23(5-15-33(31)45-21-29-3-1-17-43-29)35(41)39-25-7-11-27(12-8-25)47-28-13-9-26(10-14-28)40-36(42)24-6-16-34(32(38)20-24)46-22-30-4-2-18-44-30/h5-16,19-20,29-30H,1-4,17-18,21-22H2,(H,39,41)(H,40,42). The van der Waals surface area contributed by atoms with Gasteiger partial charge in [-0.3, -0.25) is 9.59 Å². The van der Waals surface area contributed by atoms with Crippen LogP contribution in [0.4, 0.5) is 11.4 Å². The third-order valence-electron chi connectivity index (χ3n) is 7.75. The second kappa shape index (κ2) is 15.8. The summed E-state index contributed by atoms with van der Waals surface area (Å²) in [5.74, 6) is 2.05. The summed E-state index contributed by atoms with van der Waals surface area (Å²) in [6.07, 6.45) is 4.33. The summed E-state index contributed by atoms with van der Waals surface area (Å²) in [4.78, 5) is 25.7. The molecule has 6 rings (SSSR count). The van der Waals surface area contributed by atoms with E-state index in [9.17, 15) is 9.59 Å². The molecule has 2 atom stereocenters. The molecule has 4 aromatic rings. The summed E-state index contributed by atoms with van der Waals surface area (Å²) < 4.78 is 30.3. The van der Waals surface area contributed by atoms with Crippen molar-refractivity contribution >= 4 is 55.0 Å². The molecule has 0 bridgehead atoms. The molecule has 2 saturated heterocycles. The molecular formula is C36H34Br2N2O7. The lowest BCUT2D eigenvalue weighted by atomic mass is 10.2. The predicted octanol–water partition coefficient (Wildman–Crippen LogP) is 8.62. The van der Waals surface area contributed by atoms with Crippen LogP contribution in [0.2, 0.25) is 0 Å². The number of hydrogen-bond acceptors (Lipinski definition) is 7. The van der Waals surface area contributed by atoms with E-state index in [2.05, 4.69) is 42.5 Å². The Kier molecular flexibility index (Phi) is 11.1. The van der Waals surface area contributed by atoms with Gasteiger partial charge in [-0.15, -0.1) is 0 Å². The first kappa shape index (κ1) is 33.0. The number of anilines is 2. The first-order chi connectivity index (χ1) is 22.9. The summed E-state index contributed by atoms with van der Waals surface area (Å²) >= 11 is 7.01. The van der Waals surface area contributed by atoms with E-state index in [1.54, 1.807) is 84.9 Å². The SMILES string of the molecule is O=C(Nc1ccc(Oc2ccc(NC(=O)c3ccc(OCC4CCCO4)c(Br)c3)cc2)cc1)c1ccc(OCC2CCCO2)c(Br)c1. The Morgan fingerprint density at radius 3 is 1.43 bits per heavy atom. The third-order valence-corrected chi connectivity index (χ3v) is 8.99. The van der Waals surface area contributed by atoms with Crippen LogP contribution >= 0.6 is 31.9 Å². The fourth-order valence-corrected chi connectivity index (χ4v) is 6.18. The first-order valence-electron chi connectivity index (χ1n) is 15.5. The molecule has 11 heteroatoms. The molecular weight excluding hydrogens is 732 g/mol. The molecule has 4 aromatic carbocycles. The van der Waals surface area contributed by atoms with E-state index in [-0.39, 0.29) is 24.0 Å². The Morgan fingerprint density at radius 1 is 0.638 bits per heavy atom. The number of halogens is 2. The minimum Gasteiger partial charge on any atom is -0.490 e. The largest absolute Gasteiger partial charge is 0.490 e. The summed E-state index contributed by atoms with van der Waals surface area (Å²) in [6.45, 7) is 2.53. The Hall–Kier alpha value is -3.90. The van der Waals surface area contributed by atoms with Crippen molar-refractivity contribution in [1.29, 1.82) is 0 Å². The van der Waals surface area contributed by atoms with Gasteiger partial charge in [-0.05, 0) is 142 Å². The second-order valence-electron chi connectivity index (χ2n) is 11.2. The Labute approximate surface area is 290 Å². The van der Waals surface area contributed by atoms with Gasteiger partial charge in [-0.2, -0.15) is 0 Å². The van der Waals surface area contributed by atoms with E-state index < -0.39 is 0 Å². The number of amides is 2. The highest BCUT2D eigenvalue weighted by atomic mass is 79.9. The highest BCUT2D eigenvalue weighted by Crippen LogP contribution is 2.30. The Balaban J connectivity index is 0.971. The van der Waals surface area contributed by atoms with Crippen LogP contribution in [-0.4, -0.2) is 50.4 Å². The highest BCUT2D eigenvalue weighted by Gasteiger charge is 2.19. The summed E-state index contributed by atoms with van der Waals surface area (Å²) in [6, 6.07) is 24.7. The third kappa shape index (κ3) is 9.13. The molecule has 2 unspecified atom stereocenters. The van der Waals surface area contributed by atoms with Gasteiger partial charge in [-0.25, -0.2) is 0 Å². The zero-order valence-electron chi connectivity index (χ0n) is 25.5. The van der Waals surface area contributed by atoms with Crippen molar-refractivity contribution < 1.29 is 33.3 Å². The van der Waals surface area contributed by atoms with Gasteiger partial charge in [-0.1, -0.05) is 0 Å². The lowest BCUT2D eigenvalue weighted by Crippen LogP contribution is -2.16. The molecule has 0 aliphatic carbocycles. The number of carbonyl (C=O) groups is 2. The van der Waals surface area contributed by atoms with Crippen molar-refractivity contribution in [2.75, 3.05) is 37.1 Å². The monoisotopic (exact) mass is 764 g/mol. The van der Waals surface area contributed by atoms with Crippen LogP contribution in [0.25, 0.3) is 0 Å². The smallest absolute Gasteiger partial charge is 0.255 e. The number of carbonyl (C=O) groups excluding carboxylic acids is 2. The van der Waals surface area contributed by atoms with Crippen LogP contribution in [0.5, 0.6) is 23.0 Å². The Morgan fingerprint density at radius 2 is 1.06 bits per heavy atom. The minimum absolute atomic E-state index is 0.116. The van der Waals surface area contributed by atoms with Gasteiger partial charge in [0.15, 0.2) is 0 Å². The molecule has 2 N–H and O–H groups in total. The molecule has 0 aromatic heterocycles. The highest BCUT2D eigenvalue weighted by molar-refractivity contribution is 9.11. The lowest BCUT2D eigenvalue weighted by Gasteiger charge is -2.14. The van der Waals surface area contributed by atoms with Crippen molar-refractivity contribution in [1.82, 2.24) is 0 Å². The molecule has 0 radical (unpaired) electrons. The van der Waals surface area contributed by atoms with Crippen molar-refractivity contribution in [3.63, 3.8) is 0 Å². The summed E-state index contributed by atoms with van der Waals surface area (Å²) in [7, 11) is 0. The first-order valence-corrected chi connectivity index (χ1v) is 17.1. The summed E-state index contributed by atoms with van der Waals surface area (Å²) in [5.41, 5.74) is 2.25. The van der Waals surface area contributed by atoms with E-state index in [1.807, 2.05) is 0 Å². The molecule has 0 saturated carbocycles. The molecule has 2 aliphatic heterocycles. The lowest BCUT2D eigenvalue weighted by molar-refractivity contribution is 0.0676. The van der Waals surface area contributed by atoms with Gasteiger partial charge in [0.2, 0.25) is 0 Å². The van der Waals surface area contributed by atoms with Gasteiger partial charge >= 0.3 is 0 Å². The van der Waals surface area contributed by atoms with Crippen LogP contribution < -0.4 is 24.8 Å². The van der Waals surface area contributed by atoms with E-state index in [0.29, 0.717) is 67.7 Å². The normalized spacial score (nSPS) is 17.2. The van der Waals surface area contributed by atoms with E-state index in [1.165, 1.54) is 0 Å². The topological polar surface area (TPSA) is 104 Å². The Bertz CT molecular complexity index is 1560. The van der Waals surface area contributed by atoms with E-state index in [4.69, 9.17) is 23.7 Å². The van der Waals surface area contributed by atoms with E-state index >= 15 is 0 Å². The van der Waals surface area contributed by atoms with Gasteiger partial charge in [0, 0.05) is 35.7 Å². The molecule has 47 heavy (non-hydrogen) atoms. The number of nitrogens with one attached hydrogen (secondary N) is 2. The number of ether oxygens (including phenoxy) is 5. The van der Waals surface area contributed by atoms with Gasteiger partial charge < -0.3 is 34.3 Å². The fraction of sp³-hybridized carbons (Fsp3) is 0.278. The zero-order valence-corrected chi connectivity index (χ0v) is 28.7. The number of rotatable bonds is 12. The van der Waals surface area contributed by atoms with Crippen molar-refractivity contribution in [3.05, 3.63) is 105 Å². The van der Waals surface area contributed by atoms with E-state index in [0.717, 1.165) is 38.9 Å². The molecule has 2 amide bonds. The van der Waals surface area contributed by atoms with Gasteiger partial charge in [0.05, 0.1) is 21.2 Å². The predicted molar refractivity (Wildman–Crippen MR) is 186 cm³/mol. The quantitative estimate of drug-likeness (QED) is 0.149. The van der Waals surface area contributed by atoms with Crippen molar-refractivity contribution in [3.8, 4) is 23.0 Å². The molecule has 2 heterocycles. The maximum atomic E-state index is 12.9. The van der Waals surface area contributed by atoms with Crippen LogP contribution in [0.1, 0.15) is 46.4 Å². The number of benzene rings is 4. The molecule has 0 spiro atoms. The minimum atomic E-state index is -0.242. The van der Waals surface area contributed by atoms with Gasteiger partial charge in [0.25, 0.3) is 11.8 Å². The zero-order chi connectivity index (χ0) is 32.6. The van der Waals surface area contributed by atoms with Gasteiger partial charge in [0.1, 0.15) is 36.2 Å². The number of hydrogen-bond donors (Lipinski definition) is 2. The van der Waals surface area contributed by atoms with Crippen LogP contribution in [-0.2, 0) is 9.47 Å². The molecule has 244 valence electrons. The molecule has 2 aliphatic rings. The maximum Gasteiger partial charge on any atom is 0.255 e. The average molecular weight is 766 g/mol. The molecule has 2 fully saturated rings. The van der Waals surface area contributed by atoms with Crippen LogP contribution in [0.3, 0.4) is 0 Å².